The summed E-state index contributed by atoms with van der Waals surface area (Å²) in [4.78, 5) is 0. The minimum absolute atomic E-state index is 0.696. The zero-order chi connectivity index (χ0) is 11.7. The SMILES string of the molecule is [CH2]Oc1cccc(-n2nnc3ccccc32)c1. The Morgan fingerprint density at radius 3 is 2.82 bits per heavy atom. The lowest BCUT2D eigenvalue weighted by Gasteiger charge is -2.04. The van der Waals surface area contributed by atoms with E-state index in [0.29, 0.717) is 5.75 Å². The van der Waals surface area contributed by atoms with Crippen LogP contribution in [0.2, 0.25) is 0 Å². The second kappa shape index (κ2) is 3.90. The molecule has 0 N–H and O–H groups in total. The molecular formula is C13H10N3O. The van der Waals surface area contributed by atoms with Crippen molar-refractivity contribution in [1.29, 1.82) is 0 Å². The molecule has 1 heterocycles. The van der Waals surface area contributed by atoms with Gasteiger partial charge < -0.3 is 4.74 Å². The van der Waals surface area contributed by atoms with Crippen LogP contribution in [-0.2, 0) is 0 Å². The third-order valence-electron chi connectivity index (χ3n) is 2.58. The summed E-state index contributed by atoms with van der Waals surface area (Å²) >= 11 is 0. The summed E-state index contributed by atoms with van der Waals surface area (Å²) in [6.07, 6.45) is 0. The molecule has 0 saturated heterocycles. The number of hydrogen-bond donors (Lipinski definition) is 0. The Bertz CT molecular complexity index is 660. The lowest BCUT2D eigenvalue weighted by Crippen LogP contribution is -1.96. The van der Waals surface area contributed by atoms with Gasteiger partial charge in [0.2, 0.25) is 0 Å². The van der Waals surface area contributed by atoms with Gasteiger partial charge >= 0.3 is 0 Å². The third kappa shape index (κ3) is 1.63. The van der Waals surface area contributed by atoms with Crippen molar-refractivity contribution < 1.29 is 4.74 Å². The van der Waals surface area contributed by atoms with Crippen molar-refractivity contribution >= 4 is 11.0 Å². The molecule has 4 nitrogen and oxygen atoms in total. The monoisotopic (exact) mass is 224 g/mol. The molecule has 83 valence electrons. The number of rotatable bonds is 2. The topological polar surface area (TPSA) is 39.9 Å². The van der Waals surface area contributed by atoms with Crippen molar-refractivity contribution in [2.45, 2.75) is 0 Å². The molecule has 0 aliphatic rings. The molecule has 0 atom stereocenters. The zero-order valence-electron chi connectivity index (χ0n) is 9.08. The van der Waals surface area contributed by atoms with Crippen LogP contribution in [0.25, 0.3) is 16.7 Å². The summed E-state index contributed by atoms with van der Waals surface area (Å²) in [6, 6.07) is 15.4. The molecule has 0 amide bonds. The molecule has 0 fully saturated rings. The van der Waals surface area contributed by atoms with Crippen LogP contribution < -0.4 is 4.74 Å². The fraction of sp³-hybridized carbons (Fsp3) is 0. The van der Waals surface area contributed by atoms with Gasteiger partial charge in [-0.2, -0.15) is 0 Å². The van der Waals surface area contributed by atoms with Crippen molar-refractivity contribution in [3.05, 3.63) is 55.6 Å². The lowest BCUT2D eigenvalue weighted by molar-refractivity contribution is 0.472. The van der Waals surface area contributed by atoms with E-state index in [0.717, 1.165) is 16.7 Å². The van der Waals surface area contributed by atoms with Crippen LogP contribution in [0.5, 0.6) is 5.75 Å². The highest BCUT2D eigenvalue weighted by Gasteiger charge is 2.05. The molecule has 0 saturated carbocycles. The smallest absolute Gasteiger partial charge is 0.122 e. The van der Waals surface area contributed by atoms with Crippen molar-refractivity contribution in [3.8, 4) is 11.4 Å². The second-order valence-corrected chi connectivity index (χ2v) is 3.63. The molecule has 2 aromatic carbocycles. The molecular weight excluding hydrogens is 214 g/mol. The average Bonchev–Trinajstić information content (AvgIpc) is 2.82. The summed E-state index contributed by atoms with van der Waals surface area (Å²) in [7, 11) is 3.40. The van der Waals surface area contributed by atoms with Crippen LogP contribution in [-0.4, -0.2) is 15.0 Å². The maximum atomic E-state index is 4.95. The Kier molecular flexibility index (Phi) is 2.26. The highest BCUT2D eigenvalue weighted by Crippen LogP contribution is 2.19. The molecule has 0 spiro atoms. The van der Waals surface area contributed by atoms with Crippen LogP contribution in [0.1, 0.15) is 0 Å². The number of fused-ring (bicyclic) bond motifs is 1. The predicted octanol–water partition coefficient (Wildman–Crippen LogP) is 2.59. The van der Waals surface area contributed by atoms with Gasteiger partial charge in [-0.25, -0.2) is 4.68 Å². The van der Waals surface area contributed by atoms with Gasteiger partial charge in [0.25, 0.3) is 0 Å². The largest absolute Gasteiger partial charge is 0.490 e. The average molecular weight is 224 g/mol. The van der Waals surface area contributed by atoms with E-state index in [9.17, 15) is 0 Å². The van der Waals surface area contributed by atoms with Crippen LogP contribution in [0.3, 0.4) is 0 Å². The fourth-order valence-electron chi connectivity index (χ4n) is 1.76. The molecule has 4 heteroatoms. The summed E-state index contributed by atoms with van der Waals surface area (Å²) in [5, 5.41) is 8.24. The predicted molar refractivity (Wildman–Crippen MR) is 64.9 cm³/mol. The summed E-state index contributed by atoms with van der Waals surface area (Å²) in [6.45, 7) is 0. The molecule has 0 bridgehead atoms. The first-order valence-electron chi connectivity index (χ1n) is 5.21. The van der Waals surface area contributed by atoms with E-state index >= 15 is 0 Å². The van der Waals surface area contributed by atoms with E-state index in [1.165, 1.54) is 0 Å². The first-order valence-corrected chi connectivity index (χ1v) is 5.21. The van der Waals surface area contributed by atoms with Gasteiger partial charge in [-0.1, -0.05) is 23.4 Å². The van der Waals surface area contributed by atoms with E-state index in [1.54, 1.807) is 4.68 Å². The maximum absolute atomic E-state index is 4.95. The van der Waals surface area contributed by atoms with E-state index in [4.69, 9.17) is 4.74 Å². The Labute approximate surface area is 98.4 Å². The lowest BCUT2D eigenvalue weighted by atomic mass is 10.2. The van der Waals surface area contributed by atoms with E-state index in [1.807, 2.05) is 48.5 Å². The van der Waals surface area contributed by atoms with Crippen LogP contribution >= 0.6 is 0 Å². The van der Waals surface area contributed by atoms with Crippen molar-refractivity contribution in [2.24, 2.45) is 0 Å². The Balaban J connectivity index is 2.20. The van der Waals surface area contributed by atoms with Crippen molar-refractivity contribution in [1.82, 2.24) is 15.0 Å². The third-order valence-corrected chi connectivity index (χ3v) is 2.58. The maximum Gasteiger partial charge on any atom is 0.122 e. The number of para-hydroxylation sites is 1. The Hall–Kier alpha value is -2.36. The second-order valence-electron chi connectivity index (χ2n) is 3.63. The van der Waals surface area contributed by atoms with E-state index < -0.39 is 0 Å². The normalized spacial score (nSPS) is 10.6. The van der Waals surface area contributed by atoms with Gasteiger partial charge in [0.05, 0.1) is 11.2 Å². The highest BCUT2D eigenvalue weighted by atomic mass is 16.5. The Morgan fingerprint density at radius 2 is 1.94 bits per heavy atom. The van der Waals surface area contributed by atoms with E-state index in [2.05, 4.69) is 17.4 Å². The van der Waals surface area contributed by atoms with Gasteiger partial charge in [0.1, 0.15) is 18.4 Å². The molecule has 1 radical (unpaired) electrons. The quantitative estimate of drug-likeness (QED) is 0.671. The molecule has 3 rings (SSSR count). The molecule has 0 aliphatic carbocycles. The van der Waals surface area contributed by atoms with Gasteiger partial charge in [-0.3, -0.25) is 0 Å². The summed E-state index contributed by atoms with van der Waals surface area (Å²) in [5.74, 6) is 0.696. The van der Waals surface area contributed by atoms with Crippen molar-refractivity contribution in [2.75, 3.05) is 0 Å². The number of benzene rings is 2. The van der Waals surface area contributed by atoms with Crippen molar-refractivity contribution in [3.63, 3.8) is 0 Å². The number of aromatic nitrogens is 3. The molecule has 17 heavy (non-hydrogen) atoms. The van der Waals surface area contributed by atoms with Gasteiger partial charge in [-0.05, 0) is 24.3 Å². The van der Waals surface area contributed by atoms with E-state index in [-0.39, 0.29) is 0 Å². The standard InChI is InChI=1S/C13H10N3O/c1-17-11-6-4-5-10(9-11)16-13-8-3-2-7-12(13)14-15-16/h2-9H,1H2. The molecule has 3 aromatic rings. The summed E-state index contributed by atoms with van der Waals surface area (Å²) in [5.41, 5.74) is 2.74. The van der Waals surface area contributed by atoms with Crippen LogP contribution in [0.4, 0.5) is 0 Å². The van der Waals surface area contributed by atoms with Gasteiger partial charge in [-0.15, -0.1) is 5.10 Å². The van der Waals surface area contributed by atoms with Gasteiger partial charge in [0.15, 0.2) is 0 Å². The number of nitrogens with zero attached hydrogens (tertiary/aromatic N) is 3. The minimum Gasteiger partial charge on any atom is -0.490 e. The number of ether oxygens (including phenoxy) is 1. The first kappa shape index (κ1) is 9.84. The highest BCUT2D eigenvalue weighted by molar-refractivity contribution is 5.75. The first-order chi connectivity index (χ1) is 8.38. The Morgan fingerprint density at radius 1 is 1.06 bits per heavy atom. The summed E-state index contributed by atoms with van der Waals surface area (Å²) < 4.78 is 6.73. The zero-order valence-corrected chi connectivity index (χ0v) is 9.08. The van der Waals surface area contributed by atoms with Crippen LogP contribution in [0, 0.1) is 7.11 Å². The van der Waals surface area contributed by atoms with Gasteiger partial charge in [0, 0.05) is 6.07 Å². The minimum atomic E-state index is 0.696. The number of hydrogen-bond acceptors (Lipinski definition) is 3. The van der Waals surface area contributed by atoms with Crippen LogP contribution in [0.15, 0.2) is 48.5 Å². The molecule has 1 aromatic heterocycles. The molecule has 0 aliphatic heterocycles. The molecule has 0 unspecified atom stereocenters. The fourth-order valence-corrected chi connectivity index (χ4v) is 1.76.